The van der Waals surface area contributed by atoms with E-state index >= 15 is 0 Å². The largest absolute Gasteiger partial charge is 0.354 e. The Balaban J connectivity index is 1.83. The average molecular weight is 681 g/mol. The fourth-order valence-corrected chi connectivity index (χ4v) is 6.88. The zero-order chi connectivity index (χ0) is 33.4. The van der Waals surface area contributed by atoms with Gasteiger partial charge in [-0.1, -0.05) is 103 Å². The summed E-state index contributed by atoms with van der Waals surface area (Å²) in [4.78, 5) is 30.0. The number of hydrogen-bond acceptors (Lipinski definition) is 4. The smallest absolute Gasteiger partial charge is 0.264 e. The fourth-order valence-electron chi connectivity index (χ4n) is 5.03. The molecule has 1 N–H and O–H groups in total. The third kappa shape index (κ3) is 8.90. The Hall–Kier alpha value is -3.85. The highest BCUT2D eigenvalue weighted by atomic mass is 35.5. The lowest BCUT2D eigenvalue weighted by Crippen LogP contribution is -2.53. The molecule has 10 heteroatoms. The molecule has 1 atom stereocenters. The molecular formula is C36H39Cl2N3O4S. The lowest BCUT2D eigenvalue weighted by molar-refractivity contribution is -0.140. The second kappa shape index (κ2) is 15.6. The van der Waals surface area contributed by atoms with E-state index < -0.39 is 28.5 Å². The molecule has 0 radical (unpaired) electrons. The number of aryl methyl sites for hydroxylation is 1. The molecule has 0 unspecified atom stereocenters. The number of anilines is 1. The van der Waals surface area contributed by atoms with E-state index in [2.05, 4.69) is 5.32 Å². The summed E-state index contributed by atoms with van der Waals surface area (Å²) in [5.41, 5.74) is 3.22. The van der Waals surface area contributed by atoms with Crippen molar-refractivity contribution in [3.05, 3.63) is 129 Å². The summed E-state index contributed by atoms with van der Waals surface area (Å²) in [6, 6.07) is 26.9. The second-order valence-electron chi connectivity index (χ2n) is 11.7. The Bertz CT molecular complexity index is 1760. The van der Waals surface area contributed by atoms with E-state index in [1.165, 1.54) is 17.0 Å². The summed E-state index contributed by atoms with van der Waals surface area (Å²) >= 11 is 12.8. The maximum absolute atomic E-state index is 14.6. The molecule has 0 bridgehead atoms. The average Bonchev–Trinajstić information content (AvgIpc) is 3.02. The number of nitrogens with zero attached hydrogens (tertiary/aromatic N) is 2. The van der Waals surface area contributed by atoms with Crippen molar-refractivity contribution in [2.24, 2.45) is 5.92 Å². The topological polar surface area (TPSA) is 86.8 Å². The third-order valence-electron chi connectivity index (χ3n) is 7.59. The number of rotatable bonds is 13. The van der Waals surface area contributed by atoms with E-state index in [0.29, 0.717) is 27.7 Å². The molecule has 2 amide bonds. The predicted molar refractivity (Wildman–Crippen MR) is 186 cm³/mol. The maximum Gasteiger partial charge on any atom is 0.264 e. The molecule has 4 rings (SSSR count). The molecular weight excluding hydrogens is 641 g/mol. The predicted octanol–water partition coefficient (Wildman–Crippen LogP) is 7.22. The van der Waals surface area contributed by atoms with Crippen LogP contribution in [-0.4, -0.2) is 44.3 Å². The van der Waals surface area contributed by atoms with Crippen LogP contribution in [0.1, 0.15) is 36.1 Å². The molecule has 0 aliphatic carbocycles. The van der Waals surface area contributed by atoms with Gasteiger partial charge in [-0.25, -0.2) is 8.42 Å². The molecule has 0 aliphatic heterocycles. The third-order valence-corrected chi connectivity index (χ3v) is 10.0. The summed E-state index contributed by atoms with van der Waals surface area (Å²) in [7, 11) is -4.24. The van der Waals surface area contributed by atoms with Crippen molar-refractivity contribution in [1.29, 1.82) is 0 Å². The molecule has 4 aromatic carbocycles. The first-order valence-corrected chi connectivity index (χ1v) is 17.3. The first-order valence-electron chi connectivity index (χ1n) is 15.1. The summed E-state index contributed by atoms with van der Waals surface area (Å²) in [5.74, 6) is -0.713. The van der Waals surface area contributed by atoms with Crippen LogP contribution in [0.4, 0.5) is 5.69 Å². The van der Waals surface area contributed by atoms with Crippen LogP contribution in [0.25, 0.3) is 0 Å². The number of amides is 2. The van der Waals surface area contributed by atoms with E-state index in [1.54, 1.807) is 55.5 Å². The van der Waals surface area contributed by atoms with Gasteiger partial charge >= 0.3 is 0 Å². The molecule has 0 saturated carbocycles. The quantitative estimate of drug-likeness (QED) is 0.162. The van der Waals surface area contributed by atoms with Gasteiger partial charge in [-0.05, 0) is 72.9 Å². The first kappa shape index (κ1) is 35.0. The second-order valence-corrected chi connectivity index (χ2v) is 14.4. The van der Waals surface area contributed by atoms with E-state index in [0.717, 1.165) is 15.4 Å². The van der Waals surface area contributed by atoms with Crippen molar-refractivity contribution in [1.82, 2.24) is 10.2 Å². The molecule has 242 valence electrons. The number of carbonyl (C=O) groups excluding carboxylic acids is 2. The lowest BCUT2D eigenvalue weighted by Gasteiger charge is -2.34. The normalized spacial score (nSPS) is 12.1. The van der Waals surface area contributed by atoms with Crippen molar-refractivity contribution >= 4 is 50.7 Å². The van der Waals surface area contributed by atoms with Crippen molar-refractivity contribution in [3.8, 4) is 0 Å². The van der Waals surface area contributed by atoms with Crippen LogP contribution in [0.2, 0.25) is 10.0 Å². The first-order chi connectivity index (χ1) is 21.9. The molecule has 7 nitrogen and oxygen atoms in total. The van der Waals surface area contributed by atoms with Crippen LogP contribution in [0.5, 0.6) is 0 Å². The molecule has 0 spiro atoms. The van der Waals surface area contributed by atoms with Gasteiger partial charge in [-0.15, -0.1) is 0 Å². The number of benzene rings is 4. The highest BCUT2D eigenvalue weighted by molar-refractivity contribution is 7.92. The van der Waals surface area contributed by atoms with E-state index in [1.807, 2.05) is 57.2 Å². The summed E-state index contributed by atoms with van der Waals surface area (Å²) < 4.78 is 29.6. The number of nitrogens with one attached hydrogen (secondary N) is 1. The van der Waals surface area contributed by atoms with Crippen LogP contribution >= 0.6 is 23.2 Å². The molecule has 0 heterocycles. The standard InChI is InChI=1S/C36H39Cl2N3O4S/c1-25(2)22-39-36(43)34(21-28-10-6-5-7-11-28)40(23-29-12-8-13-30(37)20-29)35(42)24-41(33-15-9-14-32(38)27(33)4)46(44,45)31-18-16-26(3)17-19-31/h5-20,25,34H,21-24H2,1-4H3,(H,39,43)/t34-/m0/s1. The van der Waals surface area contributed by atoms with Crippen molar-refractivity contribution < 1.29 is 18.0 Å². The molecule has 0 saturated heterocycles. The minimum Gasteiger partial charge on any atom is -0.354 e. The molecule has 0 aromatic heterocycles. The van der Waals surface area contributed by atoms with Crippen LogP contribution < -0.4 is 9.62 Å². The Labute approximate surface area is 282 Å². The summed E-state index contributed by atoms with van der Waals surface area (Å²) in [6.07, 6.45) is 0.220. The van der Waals surface area contributed by atoms with Gasteiger partial charge in [0, 0.05) is 29.6 Å². The minimum atomic E-state index is -4.24. The van der Waals surface area contributed by atoms with Gasteiger partial charge in [-0.3, -0.25) is 13.9 Å². The fraction of sp³-hybridized carbons (Fsp3) is 0.278. The Morgan fingerprint density at radius 1 is 0.826 bits per heavy atom. The number of sulfonamides is 1. The van der Waals surface area contributed by atoms with E-state index in [4.69, 9.17) is 23.2 Å². The van der Waals surface area contributed by atoms with Crippen LogP contribution in [0.15, 0.2) is 102 Å². The van der Waals surface area contributed by atoms with Crippen molar-refractivity contribution in [2.45, 2.75) is 51.6 Å². The highest BCUT2D eigenvalue weighted by Gasteiger charge is 2.35. The van der Waals surface area contributed by atoms with Gasteiger partial charge in [0.25, 0.3) is 10.0 Å². The van der Waals surface area contributed by atoms with Gasteiger partial charge in [-0.2, -0.15) is 0 Å². The lowest BCUT2D eigenvalue weighted by atomic mass is 10.0. The van der Waals surface area contributed by atoms with Crippen LogP contribution in [-0.2, 0) is 32.6 Å². The molecule has 0 aliphatic rings. The van der Waals surface area contributed by atoms with Gasteiger partial charge in [0.05, 0.1) is 10.6 Å². The summed E-state index contributed by atoms with van der Waals surface area (Å²) in [5, 5.41) is 3.83. The van der Waals surface area contributed by atoms with Gasteiger partial charge in [0.1, 0.15) is 12.6 Å². The molecule has 4 aromatic rings. The number of hydrogen-bond donors (Lipinski definition) is 1. The number of carbonyl (C=O) groups is 2. The molecule has 46 heavy (non-hydrogen) atoms. The zero-order valence-corrected chi connectivity index (χ0v) is 28.7. The van der Waals surface area contributed by atoms with Crippen molar-refractivity contribution in [3.63, 3.8) is 0 Å². The minimum absolute atomic E-state index is 0.0267. The van der Waals surface area contributed by atoms with Gasteiger partial charge in [0.2, 0.25) is 11.8 Å². The highest BCUT2D eigenvalue weighted by Crippen LogP contribution is 2.31. The Morgan fingerprint density at radius 3 is 2.13 bits per heavy atom. The van der Waals surface area contributed by atoms with E-state index in [-0.39, 0.29) is 35.4 Å². The van der Waals surface area contributed by atoms with E-state index in [9.17, 15) is 18.0 Å². The number of halogens is 2. The van der Waals surface area contributed by atoms with Crippen LogP contribution in [0.3, 0.4) is 0 Å². The van der Waals surface area contributed by atoms with Gasteiger partial charge < -0.3 is 10.2 Å². The maximum atomic E-state index is 14.6. The van der Waals surface area contributed by atoms with Gasteiger partial charge in [0.15, 0.2) is 0 Å². The van der Waals surface area contributed by atoms with Crippen molar-refractivity contribution in [2.75, 3.05) is 17.4 Å². The molecule has 0 fully saturated rings. The zero-order valence-electron chi connectivity index (χ0n) is 26.4. The Kier molecular flexibility index (Phi) is 11.9. The van der Waals surface area contributed by atoms with Crippen LogP contribution in [0, 0.1) is 19.8 Å². The SMILES string of the molecule is Cc1ccc(S(=O)(=O)N(CC(=O)N(Cc2cccc(Cl)c2)[C@@H](Cc2ccccc2)C(=O)NCC(C)C)c2cccc(Cl)c2C)cc1. The summed E-state index contributed by atoms with van der Waals surface area (Å²) in [6.45, 7) is 7.43. The Morgan fingerprint density at radius 2 is 1.48 bits per heavy atom. The monoisotopic (exact) mass is 679 g/mol.